The normalized spacial score (nSPS) is 11.4. The molecule has 1 aromatic heterocycles. The number of halogens is 1. The van der Waals surface area contributed by atoms with Crippen molar-refractivity contribution < 1.29 is 8.42 Å². The van der Waals surface area contributed by atoms with Crippen molar-refractivity contribution in [2.24, 2.45) is 0 Å². The Kier molecular flexibility index (Phi) is 3.89. The molecule has 7 heteroatoms. The Morgan fingerprint density at radius 2 is 1.83 bits per heavy atom. The van der Waals surface area contributed by atoms with Gasteiger partial charge in [0.2, 0.25) is 0 Å². The van der Waals surface area contributed by atoms with Crippen LogP contribution in [0.4, 0.5) is 0 Å². The molecule has 0 saturated carbocycles. The van der Waals surface area contributed by atoms with Crippen LogP contribution in [-0.4, -0.2) is 24.6 Å². The molecule has 1 heterocycles. The number of benzene rings is 1. The van der Waals surface area contributed by atoms with Crippen molar-refractivity contribution in [1.29, 1.82) is 0 Å². The van der Waals surface area contributed by atoms with Crippen LogP contribution in [0, 0.1) is 0 Å². The standard InChI is InChI=1S/C11H9ClN2O2S2/c1-18(15,16)9-4-2-8(3-5-9)17-11-6-10(12)13-7-14-11/h2-7H,1H3. The molecule has 94 valence electrons. The summed E-state index contributed by atoms with van der Waals surface area (Å²) in [6.45, 7) is 0. The summed E-state index contributed by atoms with van der Waals surface area (Å²) in [5, 5.41) is 1.09. The van der Waals surface area contributed by atoms with Crippen LogP contribution in [0.5, 0.6) is 0 Å². The molecule has 0 saturated heterocycles. The molecule has 0 aliphatic heterocycles. The van der Waals surface area contributed by atoms with E-state index < -0.39 is 9.84 Å². The Hall–Kier alpha value is -1.11. The lowest BCUT2D eigenvalue weighted by atomic mass is 10.4. The third kappa shape index (κ3) is 3.44. The predicted octanol–water partition coefficient (Wildman–Crippen LogP) is 2.68. The quantitative estimate of drug-likeness (QED) is 0.816. The van der Waals surface area contributed by atoms with Crippen molar-refractivity contribution in [2.75, 3.05) is 6.26 Å². The monoisotopic (exact) mass is 300 g/mol. The highest BCUT2D eigenvalue weighted by Gasteiger charge is 2.07. The number of hydrogen-bond acceptors (Lipinski definition) is 5. The lowest BCUT2D eigenvalue weighted by Gasteiger charge is -2.02. The number of nitrogens with zero attached hydrogens (tertiary/aromatic N) is 2. The van der Waals surface area contributed by atoms with Crippen LogP contribution >= 0.6 is 23.4 Å². The summed E-state index contributed by atoms with van der Waals surface area (Å²) in [4.78, 5) is 9.03. The van der Waals surface area contributed by atoms with Crippen molar-refractivity contribution in [2.45, 2.75) is 14.8 Å². The van der Waals surface area contributed by atoms with Crippen LogP contribution in [0.3, 0.4) is 0 Å². The third-order valence-electron chi connectivity index (χ3n) is 2.08. The van der Waals surface area contributed by atoms with Crippen LogP contribution in [0.1, 0.15) is 0 Å². The second kappa shape index (κ2) is 5.26. The number of rotatable bonds is 3. The van der Waals surface area contributed by atoms with E-state index in [9.17, 15) is 8.42 Å². The molecule has 4 nitrogen and oxygen atoms in total. The van der Waals surface area contributed by atoms with Crippen LogP contribution in [0.15, 0.2) is 51.5 Å². The maximum Gasteiger partial charge on any atom is 0.175 e. The highest BCUT2D eigenvalue weighted by molar-refractivity contribution is 7.99. The van der Waals surface area contributed by atoms with E-state index in [1.807, 2.05) is 0 Å². The highest BCUT2D eigenvalue weighted by Crippen LogP contribution is 2.27. The van der Waals surface area contributed by atoms with Gasteiger partial charge in [0.25, 0.3) is 0 Å². The van der Waals surface area contributed by atoms with Gasteiger partial charge < -0.3 is 0 Å². The smallest absolute Gasteiger partial charge is 0.175 e. The SMILES string of the molecule is CS(=O)(=O)c1ccc(Sc2cc(Cl)ncn2)cc1. The molecule has 0 spiro atoms. The van der Waals surface area contributed by atoms with Gasteiger partial charge in [0.05, 0.1) is 4.90 Å². The van der Waals surface area contributed by atoms with Gasteiger partial charge in [-0.05, 0) is 24.3 Å². The number of sulfone groups is 1. The summed E-state index contributed by atoms with van der Waals surface area (Å²) in [5.41, 5.74) is 0. The van der Waals surface area contributed by atoms with E-state index in [0.29, 0.717) is 15.1 Å². The van der Waals surface area contributed by atoms with E-state index in [1.165, 1.54) is 24.3 Å². The maximum atomic E-state index is 11.3. The van der Waals surface area contributed by atoms with Crippen molar-refractivity contribution >= 4 is 33.2 Å². The fourth-order valence-corrected chi connectivity index (χ4v) is 2.88. The molecule has 0 bridgehead atoms. The van der Waals surface area contributed by atoms with Crippen molar-refractivity contribution in [3.63, 3.8) is 0 Å². The number of aromatic nitrogens is 2. The van der Waals surface area contributed by atoms with Crippen molar-refractivity contribution in [1.82, 2.24) is 9.97 Å². The van der Waals surface area contributed by atoms with Gasteiger partial charge in [-0.2, -0.15) is 0 Å². The fourth-order valence-electron chi connectivity index (χ4n) is 1.25. The molecule has 0 aliphatic carbocycles. The van der Waals surface area contributed by atoms with Gasteiger partial charge in [-0.1, -0.05) is 23.4 Å². The second-order valence-corrected chi connectivity index (χ2v) is 7.02. The van der Waals surface area contributed by atoms with E-state index in [-0.39, 0.29) is 0 Å². The molecule has 2 rings (SSSR count). The molecular weight excluding hydrogens is 292 g/mol. The summed E-state index contributed by atoms with van der Waals surface area (Å²) in [6.07, 6.45) is 2.56. The van der Waals surface area contributed by atoms with Gasteiger partial charge in [0.1, 0.15) is 16.5 Å². The lowest BCUT2D eigenvalue weighted by Crippen LogP contribution is -1.95. The first-order valence-corrected chi connectivity index (χ1v) is 7.99. The minimum atomic E-state index is -3.16. The van der Waals surface area contributed by atoms with Crippen molar-refractivity contribution in [3.05, 3.63) is 41.8 Å². The fraction of sp³-hybridized carbons (Fsp3) is 0.0909. The van der Waals surface area contributed by atoms with E-state index in [4.69, 9.17) is 11.6 Å². The molecule has 0 aliphatic rings. The molecule has 1 aromatic carbocycles. The van der Waals surface area contributed by atoms with Gasteiger partial charge in [-0.25, -0.2) is 18.4 Å². The average molecular weight is 301 g/mol. The Balaban J connectivity index is 2.21. The summed E-state index contributed by atoms with van der Waals surface area (Å²) in [6, 6.07) is 8.26. The Morgan fingerprint density at radius 1 is 1.17 bits per heavy atom. The predicted molar refractivity (Wildman–Crippen MR) is 70.7 cm³/mol. The third-order valence-corrected chi connectivity index (χ3v) is 4.36. The van der Waals surface area contributed by atoms with Gasteiger partial charge in [-0.15, -0.1) is 0 Å². The van der Waals surface area contributed by atoms with Gasteiger partial charge in [-0.3, -0.25) is 0 Å². The summed E-state index contributed by atoms with van der Waals surface area (Å²) < 4.78 is 22.6. The Labute approximate surface area is 114 Å². The van der Waals surface area contributed by atoms with Gasteiger partial charge in [0, 0.05) is 17.2 Å². The van der Waals surface area contributed by atoms with E-state index >= 15 is 0 Å². The molecule has 0 fully saturated rings. The van der Waals surface area contributed by atoms with Crippen LogP contribution < -0.4 is 0 Å². The topological polar surface area (TPSA) is 59.9 Å². The minimum Gasteiger partial charge on any atom is -0.230 e. The number of hydrogen-bond donors (Lipinski definition) is 0. The molecule has 2 aromatic rings. The van der Waals surface area contributed by atoms with Crippen LogP contribution in [0.2, 0.25) is 5.15 Å². The van der Waals surface area contributed by atoms with E-state index in [0.717, 1.165) is 4.90 Å². The van der Waals surface area contributed by atoms with E-state index in [2.05, 4.69) is 9.97 Å². The molecular formula is C11H9ClN2O2S2. The first kappa shape index (κ1) is 13.3. The zero-order chi connectivity index (χ0) is 13.2. The highest BCUT2D eigenvalue weighted by atomic mass is 35.5. The molecule has 18 heavy (non-hydrogen) atoms. The maximum absolute atomic E-state index is 11.3. The lowest BCUT2D eigenvalue weighted by molar-refractivity contribution is 0.602. The Bertz CT molecular complexity index is 657. The first-order valence-electron chi connectivity index (χ1n) is 4.91. The molecule has 0 amide bonds. The van der Waals surface area contributed by atoms with Crippen LogP contribution in [-0.2, 0) is 9.84 Å². The molecule has 0 unspecified atom stereocenters. The zero-order valence-corrected chi connectivity index (χ0v) is 11.8. The second-order valence-electron chi connectivity index (χ2n) is 3.52. The largest absolute Gasteiger partial charge is 0.230 e. The summed E-state index contributed by atoms with van der Waals surface area (Å²) in [7, 11) is -3.16. The molecule has 0 atom stereocenters. The van der Waals surface area contributed by atoms with Crippen molar-refractivity contribution in [3.8, 4) is 0 Å². The summed E-state index contributed by atoms with van der Waals surface area (Å²) >= 11 is 7.14. The molecule has 0 N–H and O–H groups in total. The average Bonchev–Trinajstić information content (AvgIpc) is 2.28. The van der Waals surface area contributed by atoms with E-state index in [1.54, 1.807) is 30.3 Å². The molecule has 0 radical (unpaired) electrons. The summed E-state index contributed by atoms with van der Waals surface area (Å²) in [5.74, 6) is 0. The first-order chi connectivity index (χ1) is 8.45. The van der Waals surface area contributed by atoms with Gasteiger partial charge in [0.15, 0.2) is 9.84 Å². The van der Waals surface area contributed by atoms with Crippen LogP contribution in [0.25, 0.3) is 0 Å². The minimum absolute atomic E-state index is 0.299. The Morgan fingerprint density at radius 3 is 2.39 bits per heavy atom. The zero-order valence-electron chi connectivity index (χ0n) is 9.37. The van der Waals surface area contributed by atoms with Gasteiger partial charge >= 0.3 is 0 Å².